The van der Waals surface area contributed by atoms with Crippen molar-refractivity contribution >= 4 is 17.8 Å². The van der Waals surface area contributed by atoms with Gasteiger partial charge in [-0.3, -0.25) is 10.1 Å². The lowest BCUT2D eigenvalue weighted by Crippen LogP contribution is -2.27. The Labute approximate surface area is 124 Å². The van der Waals surface area contributed by atoms with E-state index < -0.39 is 11.7 Å². The number of hydrogen-bond donors (Lipinski definition) is 1. The number of nitrogens with zero attached hydrogens (tertiary/aromatic N) is 2. The first-order valence-corrected chi connectivity index (χ1v) is 6.39. The van der Waals surface area contributed by atoms with Gasteiger partial charge in [0, 0.05) is 26.4 Å². The third-order valence-electron chi connectivity index (χ3n) is 2.35. The predicted octanol–water partition coefficient (Wildman–Crippen LogP) is 2.14. The Balaban J connectivity index is 2.93. The van der Waals surface area contributed by atoms with E-state index in [9.17, 15) is 9.59 Å². The standard InChI is InChI=1S/C14H21N3O4/c1-14(2,3)21-13(19)16-11-7-10(20-6)9(8-15-11)12(18)17(4)5/h7-8H,1-6H3,(H,15,16,19). The summed E-state index contributed by atoms with van der Waals surface area (Å²) in [7, 11) is 4.71. The number of methoxy groups -OCH3 is 1. The van der Waals surface area contributed by atoms with Crippen molar-refractivity contribution in [2.24, 2.45) is 0 Å². The first-order chi connectivity index (χ1) is 9.64. The van der Waals surface area contributed by atoms with Crippen LogP contribution in [0, 0.1) is 0 Å². The van der Waals surface area contributed by atoms with Crippen LogP contribution in [0.2, 0.25) is 0 Å². The van der Waals surface area contributed by atoms with E-state index in [0.717, 1.165) is 0 Å². The Kier molecular flexibility index (Phi) is 5.12. The van der Waals surface area contributed by atoms with Crippen molar-refractivity contribution < 1.29 is 19.1 Å². The molecule has 0 aromatic carbocycles. The van der Waals surface area contributed by atoms with E-state index in [1.807, 2.05) is 0 Å². The van der Waals surface area contributed by atoms with Gasteiger partial charge in [0.05, 0.1) is 12.7 Å². The molecule has 1 aromatic rings. The van der Waals surface area contributed by atoms with Gasteiger partial charge in [-0.15, -0.1) is 0 Å². The molecule has 1 N–H and O–H groups in total. The van der Waals surface area contributed by atoms with E-state index in [4.69, 9.17) is 9.47 Å². The first-order valence-electron chi connectivity index (χ1n) is 6.39. The molecular weight excluding hydrogens is 274 g/mol. The van der Waals surface area contributed by atoms with Gasteiger partial charge in [0.15, 0.2) is 0 Å². The number of hydrogen-bond acceptors (Lipinski definition) is 5. The fraction of sp³-hybridized carbons (Fsp3) is 0.500. The van der Waals surface area contributed by atoms with Crippen LogP contribution in [-0.4, -0.2) is 48.7 Å². The summed E-state index contributed by atoms with van der Waals surface area (Å²) in [6.07, 6.45) is 0.733. The van der Waals surface area contributed by atoms with E-state index in [1.54, 1.807) is 34.9 Å². The third kappa shape index (κ3) is 4.94. The smallest absolute Gasteiger partial charge is 0.413 e. The number of ether oxygens (including phenoxy) is 2. The Bertz CT molecular complexity index is 536. The SMILES string of the molecule is COc1cc(NC(=O)OC(C)(C)C)ncc1C(=O)N(C)C. The molecule has 0 unspecified atom stereocenters. The monoisotopic (exact) mass is 295 g/mol. The second kappa shape index (κ2) is 6.43. The van der Waals surface area contributed by atoms with Gasteiger partial charge in [-0.05, 0) is 20.8 Å². The van der Waals surface area contributed by atoms with Crippen molar-refractivity contribution in [1.82, 2.24) is 9.88 Å². The minimum Gasteiger partial charge on any atom is -0.496 e. The summed E-state index contributed by atoms with van der Waals surface area (Å²) in [6.45, 7) is 5.29. The molecule has 0 aliphatic rings. The maximum atomic E-state index is 11.9. The molecule has 0 bridgehead atoms. The van der Waals surface area contributed by atoms with Gasteiger partial charge >= 0.3 is 6.09 Å². The average Bonchev–Trinajstić information content (AvgIpc) is 2.35. The van der Waals surface area contributed by atoms with Gasteiger partial charge in [-0.2, -0.15) is 0 Å². The first kappa shape index (κ1) is 16.7. The third-order valence-corrected chi connectivity index (χ3v) is 2.35. The summed E-state index contributed by atoms with van der Waals surface area (Å²) in [4.78, 5) is 29.0. The van der Waals surface area contributed by atoms with Gasteiger partial charge in [0.25, 0.3) is 5.91 Å². The van der Waals surface area contributed by atoms with Crippen LogP contribution in [0.4, 0.5) is 10.6 Å². The number of carbonyl (C=O) groups is 2. The van der Waals surface area contributed by atoms with Crippen molar-refractivity contribution in [1.29, 1.82) is 0 Å². The van der Waals surface area contributed by atoms with Crippen LogP contribution in [0.3, 0.4) is 0 Å². The minimum absolute atomic E-state index is 0.233. The zero-order valence-electron chi connectivity index (χ0n) is 13.2. The van der Waals surface area contributed by atoms with Crippen LogP contribution in [0.1, 0.15) is 31.1 Å². The van der Waals surface area contributed by atoms with Gasteiger partial charge < -0.3 is 14.4 Å². The van der Waals surface area contributed by atoms with E-state index >= 15 is 0 Å². The number of pyridine rings is 1. The Morgan fingerprint density at radius 2 is 1.90 bits per heavy atom. The van der Waals surface area contributed by atoms with Crippen molar-refractivity contribution in [3.05, 3.63) is 17.8 Å². The maximum Gasteiger partial charge on any atom is 0.413 e. The molecule has 0 atom stereocenters. The molecule has 0 aliphatic heterocycles. The fourth-order valence-electron chi connectivity index (χ4n) is 1.48. The number of aromatic nitrogens is 1. The molecule has 1 aromatic heterocycles. The summed E-state index contributed by atoms with van der Waals surface area (Å²) in [6, 6.07) is 1.47. The van der Waals surface area contributed by atoms with Gasteiger partial charge in [-0.25, -0.2) is 9.78 Å². The summed E-state index contributed by atoms with van der Waals surface area (Å²) in [5.74, 6) is 0.342. The van der Waals surface area contributed by atoms with E-state index in [2.05, 4.69) is 10.3 Å². The van der Waals surface area contributed by atoms with Crippen molar-refractivity contribution in [3.8, 4) is 5.75 Å². The number of nitrogens with one attached hydrogen (secondary N) is 1. The molecule has 7 nitrogen and oxygen atoms in total. The predicted molar refractivity (Wildman–Crippen MR) is 78.7 cm³/mol. The Morgan fingerprint density at radius 3 is 2.38 bits per heavy atom. The van der Waals surface area contributed by atoms with Crippen LogP contribution < -0.4 is 10.1 Å². The van der Waals surface area contributed by atoms with Crippen LogP contribution in [0.25, 0.3) is 0 Å². The molecule has 21 heavy (non-hydrogen) atoms. The lowest BCUT2D eigenvalue weighted by molar-refractivity contribution is 0.0635. The quantitative estimate of drug-likeness (QED) is 0.924. The molecular formula is C14H21N3O4. The molecule has 0 aliphatic carbocycles. The zero-order chi connectivity index (χ0) is 16.2. The zero-order valence-corrected chi connectivity index (χ0v) is 13.2. The van der Waals surface area contributed by atoms with Crippen molar-refractivity contribution in [2.75, 3.05) is 26.5 Å². The maximum absolute atomic E-state index is 11.9. The summed E-state index contributed by atoms with van der Waals surface area (Å²) in [5, 5.41) is 2.49. The number of carbonyl (C=O) groups excluding carboxylic acids is 2. The molecule has 2 amide bonds. The lowest BCUT2D eigenvalue weighted by Gasteiger charge is -2.19. The van der Waals surface area contributed by atoms with Crippen LogP contribution >= 0.6 is 0 Å². The van der Waals surface area contributed by atoms with E-state index in [-0.39, 0.29) is 11.7 Å². The fourth-order valence-corrected chi connectivity index (χ4v) is 1.48. The molecule has 0 saturated carbocycles. The number of anilines is 1. The highest BCUT2D eigenvalue weighted by Crippen LogP contribution is 2.22. The van der Waals surface area contributed by atoms with Crippen LogP contribution in [-0.2, 0) is 4.74 Å². The molecule has 0 radical (unpaired) electrons. The largest absolute Gasteiger partial charge is 0.496 e. The molecule has 116 valence electrons. The molecule has 1 rings (SSSR count). The Morgan fingerprint density at radius 1 is 1.29 bits per heavy atom. The second-order valence-corrected chi connectivity index (χ2v) is 5.60. The molecule has 0 spiro atoms. The lowest BCUT2D eigenvalue weighted by atomic mass is 10.2. The topological polar surface area (TPSA) is 80.8 Å². The summed E-state index contributed by atoms with van der Waals surface area (Å²) < 4.78 is 10.3. The highest BCUT2D eigenvalue weighted by molar-refractivity contribution is 5.97. The highest BCUT2D eigenvalue weighted by atomic mass is 16.6. The van der Waals surface area contributed by atoms with Crippen LogP contribution in [0.15, 0.2) is 12.3 Å². The van der Waals surface area contributed by atoms with Gasteiger partial charge in [0.2, 0.25) is 0 Å². The van der Waals surface area contributed by atoms with Crippen LogP contribution in [0.5, 0.6) is 5.75 Å². The highest BCUT2D eigenvalue weighted by Gasteiger charge is 2.19. The van der Waals surface area contributed by atoms with E-state index in [0.29, 0.717) is 11.3 Å². The summed E-state index contributed by atoms with van der Waals surface area (Å²) >= 11 is 0. The minimum atomic E-state index is -0.622. The molecule has 1 heterocycles. The Hall–Kier alpha value is -2.31. The average molecular weight is 295 g/mol. The molecule has 0 saturated heterocycles. The van der Waals surface area contributed by atoms with Crippen molar-refractivity contribution in [2.45, 2.75) is 26.4 Å². The van der Waals surface area contributed by atoms with Gasteiger partial charge in [-0.1, -0.05) is 0 Å². The van der Waals surface area contributed by atoms with Gasteiger partial charge in [0.1, 0.15) is 17.2 Å². The molecule has 7 heteroatoms. The second-order valence-electron chi connectivity index (χ2n) is 5.60. The number of rotatable bonds is 3. The number of amides is 2. The molecule has 0 fully saturated rings. The summed E-state index contributed by atoms with van der Waals surface area (Å²) in [5.41, 5.74) is -0.285. The van der Waals surface area contributed by atoms with E-state index in [1.165, 1.54) is 24.3 Å². The van der Waals surface area contributed by atoms with Crippen molar-refractivity contribution in [3.63, 3.8) is 0 Å². The normalized spacial score (nSPS) is 10.8.